The van der Waals surface area contributed by atoms with Crippen LogP contribution in [0.1, 0.15) is 72.1 Å². The number of carbonyl (C=O) groups is 1. The van der Waals surface area contributed by atoms with E-state index in [0.717, 1.165) is 38.5 Å². The third-order valence-electron chi connectivity index (χ3n) is 6.50. The monoisotopic (exact) mass is 516 g/mol. The van der Waals surface area contributed by atoms with E-state index >= 15 is 0 Å². The topological polar surface area (TPSA) is 44.8 Å². The molecule has 3 aliphatic heterocycles. The van der Waals surface area contributed by atoms with Gasteiger partial charge in [-0.05, 0) is 66.9 Å². The minimum absolute atomic E-state index is 0.0429. The molecule has 0 saturated carbocycles. The molecule has 0 aliphatic carbocycles. The summed E-state index contributed by atoms with van der Waals surface area (Å²) < 4.78 is 20.6. The van der Waals surface area contributed by atoms with Crippen LogP contribution in [-0.2, 0) is 19.0 Å². The molecular formula is C24H37IO4. The van der Waals surface area contributed by atoms with E-state index in [1.165, 1.54) is 6.42 Å². The van der Waals surface area contributed by atoms with Gasteiger partial charge in [0.2, 0.25) is 0 Å². The summed E-state index contributed by atoms with van der Waals surface area (Å²) in [4.78, 5) is 12.7. The van der Waals surface area contributed by atoms with Crippen LogP contribution in [-0.4, -0.2) is 36.5 Å². The van der Waals surface area contributed by atoms with Crippen molar-refractivity contribution in [1.82, 2.24) is 0 Å². The van der Waals surface area contributed by atoms with E-state index in [0.29, 0.717) is 24.4 Å². The van der Waals surface area contributed by atoms with E-state index in [-0.39, 0.29) is 36.3 Å². The van der Waals surface area contributed by atoms with Gasteiger partial charge in [-0.15, -0.1) is 0 Å². The van der Waals surface area contributed by atoms with Crippen molar-refractivity contribution in [2.45, 2.75) is 103 Å². The lowest BCUT2D eigenvalue weighted by atomic mass is 9.88. The van der Waals surface area contributed by atoms with Crippen LogP contribution in [0, 0.1) is 17.8 Å². The van der Waals surface area contributed by atoms with Gasteiger partial charge in [-0.2, -0.15) is 0 Å². The Balaban J connectivity index is 1.77. The second-order valence-corrected chi connectivity index (χ2v) is 10.2. The van der Waals surface area contributed by atoms with Gasteiger partial charge in [0, 0.05) is 5.92 Å². The standard InChI is InChI=1S/C24H37IO4/c1-16-7-8-18(3)23(9-10-25)29-24(26)15-22-13-17(2)12-21(28-22)14-20-6-4-5-19(11-16)27-20/h7-10,16-23H,4-6,11-15H2,1-3H3/b8-7+,10-9+/t16-,17?,18-,19+,20?,21+,22?,23?/m0/s1. The summed E-state index contributed by atoms with van der Waals surface area (Å²) in [6.07, 6.45) is 14.8. The fraction of sp³-hybridized carbons (Fsp3) is 0.792. The van der Waals surface area contributed by atoms with Crippen LogP contribution in [0.15, 0.2) is 22.3 Å². The number of ether oxygens (including phenoxy) is 3. The summed E-state index contributed by atoms with van der Waals surface area (Å²) >= 11 is 2.19. The van der Waals surface area contributed by atoms with Crippen LogP contribution in [0.25, 0.3) is 0 Å². The van der Waals surface area contributed by atoms with E-state index in [2.05, 4.69) is 55.5 Å². The highest BCUT2D eigenvalue weighted by atomic mass is 127. The van der Waals surface area contributed by atoms with Gasteiger partial charge in [0.1, 0.15) is 6.10 Å². The molecule has 4 unspecified atom stereocenters. The van der Waals surface area contributed by atoms with Gasteiger partial charge < -0.3 is 14.2 Å². The molecule has 0 radical (unpaired) electrons. The zero-order valence-electron chi connectivity index (χ0n) is 18.1. The number of rotatable bonds is 1. The molecule has 5 heteroatoms. The molecule has 2 saturated heterocycles. The fourth-order valence-electron chi connectivity index (χ4n) is 5.03. The Kier molecular flexibility index (Phi) is 9.05. The molecule has 4 nitrogen and oxygen atoms in total. The van der Waals surface area contributed by atoms with Crippen LogP contribution < -0.4 is 0 Å². The van der Waals surface area contributed by atoms with E-state index in [1.54, 1.807) is 0 Å². The maximum Gasteiger partial charge on any atom is 0.309 e. The van der Waals surface area contributed by atoms with Crippen LogP contribution in [0.3, 0.4) is 0 Å². The molecule has 0 aromatic heterocycles. The lowest BCUT2D eigenvalue weighted by molar-refractivity contribution is -0.157. The first-order valence-corrected chi connectivity index (χ1v) is 12.6. The average Bonchev–Trinajstić information content (AvgIpc) is 2.65. The predicted octanol–water partition coefficient (Wildman–Crippen LogP) is 5.98. The van der Waals surface area contributed by atoms with E-state index in [9.17, 15) is 4.79 Å². The summed E-state index contributed by atoms with van der Waals surface area (Å²) in [7, 11) is 0. The smallest absolute Gasteiger partial charge is 0.309 e. The molecule has 2 fully saturated rings. The molecule has 3 aliphatic rings. The van der Waals surface area contributed by atoms with E-state index in [4.69, 9.17) is 14.2 Å². The summed E-state index contributed by atoms with van der Waals surface area (Å²) in [6, 6.07) is 0. The Bertz CT molecular complexity index is 589. The number of hydrogen-bond acceptors (Lipinski definition) is 4. The number of carbonyl (C=O) groups excluding carboxylic acids is 1. The number of halogens is 1. The van der Waals surface area contributed by atoms with Crippen molar-refractivity contribution >= 4 is 28.6 Å². The normalized spacial score (nSPS) is 43.7. The maximum atomic E-state index is 12.7. The molecule has 3 heterocycles. The Hall–Kier alpha value is -0.400. The first kappa shape index (κ1) is 23.3. The lowest BCUT2D eigenvalue weighted by Crippen LogP contribution is -2.38. The zero-order valence-corrected chi connectivity index (χ0v) is 20.3. The average molecular weight is 516 g/mol. The Morgan fingerprint density at radius 3 is 2.38 bits per heavy atom. The molecule has 4 bridgehead atoms. The molecule has 3 rings (SSSR count). The van der Waals surface area contributed by atoms with Gasteiger partial charge >= 0.3 is 5.97 Å². The minimum Gasteiger partial charge on any atom is -0.457 e. The third-order valence-corrected chi connectivity index (χ3v) is 6.91. The van der Waals surface area contributed by atoms with Crippen molar-refractivity contribution in [2.75, 3.05) is 0 Å². The molecule has 29 heavy (non-hydrogen) atoms. The van der Waals surface area contributed by atoms with E-state index < -0.39 is 0 Å². The Labute approximate surface area is 190 Å². The zero-order chi connectivity index (χ0) is 20.8. The quantitative estimate of drug-likeness (QED) is 0.244. The van der Waals surface area contributed by atoms with Crippen LogP contribution >= 0.6 is 22.6 Å². The van der Waals surface area contributed by atoms with Crippen molar-refractivity contribution in [2.24, 2.45) is 17.8 Å². The lowest BCUT2D eigenvalue weighted by Gasteiger charge is -2.38. The van der Waals surface area contributed by atoms with Crippen molar-refractivity contribution in [3.63, 3.8) is 0 Å². The summed E-state index contributed by atoms with van der Waals surface area (Å²) in [5.41, 5.74) is 0. The van der Waals surface area contributed by atoms with Gasteiger partial charge in [-0.1, -0.05) is 55.5 Å². The molecular weight excluding hydrogens is 479 g/mol. The van der Waals surface area contributed by atoms with Crippen LogP contribution in [0.2, 0.25) is 0 Å². The van der Waals surface area contributed by atoms with Crippen LogP contribution in [0.4, 0.5) is 0 Å². The Morgan fingerprint density at radius 1 is 0.931 bits per heavy atom. The highest BCUT2D eigenvalue weighted by molar-refractivity contribution is 14.1. The first-order chi connectivity index (χ1) is 13.9. The molecule has 0 aromatic rings. The number of cyclic esters (lactones) is 1. The second-order valence-electron chi connectivity index (χ2n) is 9.44. The third kappa shape index (κ3) is 7.35. The summed E-state index contributed by atoms with van der Waals surface area (Å²) in [6.45, 7) is 6.64. The SMILES string of the molecule is CC1CC2CC(=O)OC(/C=C/I)[C@@H](C)/C=C/[C@H](C)C[C@H]3CCCC(C[C@@H](C1)O2)O3. The van der Waals surface area contributed by atoms with Gasteiger partial charge in [-0.25, -0.2) is 0 Å². The minimum atomic E-state index is -0.233. The van der Waals surface area contributed by atoms with Crippen LogP contribution in [0.5, 0.6) is 0 Å². The number of esters is 1. The van der Waals surface area contributed by atoms with Crippen molar-refractivity contribution in [1.29, 1.82) is 0 Å². The second kappa shape index (κ2) is 11.3. The predicted molar refractivity (Wildman–Crippen MR) is 124 cm³/mol. The van der Waals surface area contributed by atoms with Gasteiger partial charge in [0.05, 0.1) is 30.8 Å². The molecule has 0 aromatic carbocycles. The van der Waals surface area contributed by atoms with Gasteiger partial charge in [0.25, 0.3) is 0 Å². The van der Waals surface area contributed by atoms with Gasteiger partial charge in [0.15, 0.2) is 0 Å². The molecule has 8 atom stereocenters. The molecule has 0 N–H and O–H groups in total. The highest BCUT2D eigenvalue weighted by Crippen LogP contribution is 2.33. The molecule has 164 valence electrons. The summed E-state index contributed by atoms with van der Waals surface area (Å²) in [5, 5.41) is 0. The number of allylic oxidation sites excluding steroid dienone is 1. The maximum absolute atomic E-state index is 12.7. The highest BCUT2D eigenvalue weighted by Gasteiger charge is 2.33. The van der Waals surface area contributed by atoms with Gasteiger partial charge in [-0.3, -0.25) is 4.79 Å². The summed E-state index contributed by atoms with van der Waals surface area (Å²) in [5.74, 6) is 0.997. The number of hydrogen-bond donors (Lipinski definition) is 0. The molecule has 0 amide bonds. The van der Waals surface area contributed by atoms with Crippen molar-refractivity contribution in [3.05, 3.63) is 22.3 Å². The van der Waals surface area contributed by atoms with Crippen molar-refractivity contribution < 1.29 is 19.0 Å². The first-order valence-electron chi connectivity index (χ1n) is 11.4. The van der Waals surface area contributed by atoms with E-state index in [1.807, 2.05) is 10.2 Å². The number of fused-ring (bicyclic) bond motifs is 4. The van der Waals surface area contributed by atoms with Crippen molar-refractivity contribution in [3.8, 4) is 0 Å². The molecule has 0 spiro atoms. The Morgan fingerprint density at radius 2 is 1.62 bits per heavy atom. The largest absolute Gasteiger partial charge is 0.457 e. The fourth-order valence-corrected chi connectivity index (χ4v) is 5.44.